The molecule has 4 heteroatoms. The SMILES string of the molecule is OCCCCCCNc1ccc(F)cc1Cl. The minimum Gasteiger partial charge on any atom is -0.396 e. The molecule has 0 saturated heterocycles. The molecule has 0 bridgehead atoms. The third kappa shape index (κ3) is 4.81. The second-order valence-electron chi connectivity index (χ2n) is 3.69. The van der Waals surface area contributed by atoms with E-state index in [0.717, 1.165) is 37.9 Å². The van der Waals surface area contributed by atoms with E-state index >= 15 is 0 Å². The van der Waals surface area contributed by atoms with Crippen LogP contribution in [0.3, 0.4) is 0 Å². The van der Waals surface area contributed by atoms with E-state index < -0.39 is 0 Å². The molecule has 2 N–H and O–H groups in total. The molecule has 0 radical (unpaired) electrons. The molecule has 1 aromatic carbocycles. The molecule has 0 spiro atoms. The van der Waals surface area contributed by atoms with Gasteiger partial charge in [-0.15, -0.1) is 0 Å². The van der Waals surface area contributed by atoms with E-state index in [1.165, 1.54) is 12.1 Å². The summed E-state index contributed by atoms with van der Waals surface area (Å²) in [6.07, 6.45) is 3.99. The summed E-state index contributed by atoms with van der Waals surface area (Å²) in [4.78, 5) is 0. The lowest BCUT2D eigenvalue weighted by Crippen LogP contribution is -2.02. The molecule has 0 aliphatic heterocycles. The predicted octanol–water partition coefficient (Wildman–Crippen LogP) is 3.44. The minimum absolute atomic E-state index is 0.261. The van der Waals surface area contributed by atoms with E-state index in [1.54, 1.807) is 6.07 Å². The molecule has 0 fully saturated rings. The normalized spacial score (nSPS) is 10.4. The number of unbranched alkanes of at least 4 members (excludes halogenated alkanes) is 3. The van der Waals surface area contributed by atoms with E-state index in [1.807, 2.05) is 0 Å². The van der Waals surface area contributed by atoms with Crippen LogP contribution >= 0.6 is 11.6 Å². The van der Waals surface area contributed by atoms with Crippen molar-refractivity contribution < 1.29 is 9.50 Å². The lowest BCUT2D eigenvalue weighted by Gasteiger charge is -2.07. The molecule has 2 nitrogen and oxygen atoms in total. The summed E-state index contributed by atoms with van der Waals surface area (Å²) in [6, 6.07) is 4.33. The largest absolute Gasteiger partial charge is 0.396 e. The summed E-state index contributed by atoms with van der Waals surface area (Å²) in [6.45, 7) is 1.08. The van der Waals surface area contributed by atoms with Crippen LogP contribution in [0.2, 0.25) is 5.02 Å². The third-order valence-electron chi connectivity index (χ3n) is 2.33. The van der Waals surface area contributed by atoms with E-state index in [4.69, 9.17) is 16.7 Å². The number of rotatable bonds is 7. The van der Waals surface area contributed by atoms with Gasteiger partial charge < -0.3 is 10.4 Å². The highest BCUT2D eigenvalue weighted by Crippen LogP contribution is 2.22. The van der Waals surface area contributed by atoms with Crippen LogP contribution in [0.15, 0.2) is 18.2 Å². The average molecular weight is 246 g/mol. The maximum absolute atomic E-state index is 12.7. The maximum atomic E-state index is 12.7. The zero-order valence-corrected chi connectivity index (χ0v) is 9.93. The molecule has 0 atom stereocenters. The van der Waals surface area contributed by atoms with Gasteiger partial charge in [-0.3, -0.25) is 0 Å². The van der Waals surface area contributed by atoms with Crippen molar-refractivity contribution in [3.05, 3.63) is 29.0 Å². The lowest BCUT2D eigenvalue weighted by molar-refractivity contribution is 0.283. The number of hydrogen-bond acceptors (Lipinski definition) is 2. The Morgan fingerprint density at radius 1 is 1.19 bits per heavy atom. The Labute approximate surface area is 100 Å². The molecule has 0 unspecified atom stereocenters. The van der Waals surface area contributed by atoms with Gasteiger partial charge in [-0.2, -0.15) is 0 Å². The highest BCUT2D eigenvalue weighted by molar-refractivity contribution is 6.33. The van der Waals surface area contributed by atoms with Gasteiger partial charge in [-0.1, -0.05) is 24.4 Å². The van der Waals surface area contributed by atoms with Crippen molar-refractivity contribution in [3.63, 3.8) is 0 Å². The van der Waals surface area contributed by atoms with Gasteiger partial charge in [0.05, 0.1) is 10.7 Å². The second kappa shape index (κ2) is 7.47. The summed E-state index contributed by atoms with van der Waals surface area (Å²) in [5.41, 5.74) is 0.769. The average Bonchev–Trinajstić information content (AvgIpc) is 2.26. The first-order valence-electron chi connectivity index (χ1n) is 5.54. The summed E-state index contributed by atoms with van der Waals surface area (Å²) in [5.74, 6) is -0.321. The molecular formula is C12H17ClFNO. The fourth-order valence-electron chi connectivity index (χ4n) is 1.45. The number of benzene rings is 1. The van der Waals surface area contributed by atoms with Crippen LogP contribution in [0.5, 0.6) is 0 Å². The van der Waals surface area contributed by atoms with Gasteiger partial charge in [0.15, 0.2) is 0 Å². The molecule has 90 valence electrons. The Balaban J connectivity index is 2.21. The number of anilines is 1. The number of nitrogens with one attached hydrogen (secondary N) is 1. The van der Waals surface area contributed by atoms with Crippen molar-refractivity contribution in [2.75, 3.05) is 18.5 Å². The fraction of sp³-hybridized carbons (Fsp3) is 0.500. The first-order chi connectivity index (χ1) is 7.74. The Bertz CT molecular complexity index is 320. The van der Waals surface area contributed by atoms with Crippen molar-refractivity contribution in [1.82, 2.24) is 0 Å². The van der Waals surface area contributed by atoms with Crippen LogP contribution in [0, 0.1) is 5.82 Å². The Hall–Kier alpha value is -0.800. The van der Waals surface area contributed by atoms with Crippen LogP contribution in [-0.4, -0.2) is 18.3 Å². The number of halogens is 2. The van der Waals surface area contributed by atoms with Crippen LogP contribution < -0.4 is 5.32 Å². The van der Waals surface area contributed by atoms with Crippen molar-refractivity contribution in [2.45, 2.75) is 25.7 Å². The van der Waals surface area contributed by atoms with E-state index in [9.17, 15) is 4.39 Å². The zero-order valence-electron chi connectivity index (χ0n) is 9.18. The second-order valence-corrected chi connectivity index (χ2v) is 4.10. The van der Waals surface area contributed by atoms with Crippen LogP contribution in [0.4, 0.5) is 10.1 Å². The minimum atomic E-state index is -0.321. The smallest absolute Gasteiger partial charge is 0.124 e. The number of hydrogen-bond donors (Lipinski definition) is 2. The van der Waals surface area contributed by atoms with Gasteiger partial charge in [0, 0.05) is 13.2 Å². The van der Waals surface area contributed by atoms with Gasteiger partial charge in [-0.05, 0) is 31.0 Å². The van der Waals surface area contributed by atoms with Crippen molar-refractivity contribution in [1.29, 1.82) is 0 Å². The Morgan fingerprint density at radius 3 is 2.62 bits per heavy atom. The van der Waals surface area contributed by atoms with Gasteiger partial charge in [0.2, 0.25) is 0 Å². The Kier molecular flexibility index (Phi) is 6.19. The van der Waals surface area contributed by atoms with Gasteiger partial charge in [0.25, 0.3) is 0 Å². The molecule has 16 heavy (non-hydrogen) atoms. The van der Waals surface area contributed by atoms with Crippen molar-refractivity contribution >= 4 is 17.3 Å². The Morgan fingerprint density at radius 2 is 1.94 bits per heavy atom. The third-order valence-corrected chi connectivity index (χ3v) is 2.64. The van der Waals surface area contributed by atoms with E-state index in [0.29, 0.717) is 5.02 Å². The highest BCUT2D eigenvalue weighted by Gasteiger charge is 2.00. The molecule has 0 aromatic heterocycles. The molecule has 1 aromatic rings. The lowest BCUT2D eigenvalue weighted by atomic mass is 10.2. The summed E-state index contributed by atoms with van der Waals surface area (Å²) in [7, 11) is 0. The van der Waals surface area contributed by atoms with Crippen molar-refractivity contribution in [2.24, 2.45) is 0 Å². The maximum Gasteiger partial charge on any atom is 0.124 e. The van der Waals surface area contributed by atoms with Gasteiger partial charge in [-0.25, -0.2) is 4.39 Å². The molecule has 0 saturated carbocycles. The number of aliphatic hydroxyl groups excluding tert-OH is 1. The molecule has 0 amide bonds. The van der Waals surface area contributed by atoms with Crippen molar-refractivity contribution in [3.8, 4) is 0 Å². The van der Waals surface area contributed by atoms with E-state index in [2.05, 4.69) is 5.32 Å². The quantitative estimate of drug-likeness (QED) is 0.722. The zero-order chi connectivity index (χ0) is 11.8. The highest BCUT2D eigenvalue weighted by atomic mass is 35.5. The van der Waals surface area contributed by atoms with Crippen LogP contribution in [0.25, 0.3) is 0 Å². The van der Waals surface area contributed by atoms with Gasteiger partial charge >= 0.3 is 0 Å². The number of aliphatic hydroxyl groups is 1. The molecule has 0 aliphatic rings. The first-order valence-corrected chi connectivity index (χ1v) is 5.91. The van der Waals surface area contributed by atoms with Crippen LogP contribution in [-0.2, 0) is 0 Å². The molecule has 0 aliphatic carbocycles. The molecular weight excluding hydrogens is 229 g/mol. The standard InChI is InChI=1S/C12H17ClFNO/c13-11-9-10(14)5-6-12(11)15-7-3-1-2-4-8-16/h5-6,9,15-16H,1-4,7-8H2. The van der Waals surface area contributed by atoms with Gasteiger partial charge in [0.1, 0.15) is 5.82 Å². The topological polar surface area (TPSA) is 32.3 Å². The summed E-state index contributed by atoms with van der Waals surface area (Å²) >= 11 is 5.86. The molecule has 0 heterocycles. The molecule has 1 rings (SSSR count). The predicted molar refractivity (Wildman–Crippen MR) is 65.5 cm³/mol. The summed E-state index contributed by atoms with van der Waals surface area (Å²) < 4.78 is 12.7. The van der Waals surface area contributed by atoms with Crippen LogP contribution in [0.1, 0.15) is 25.7 Å². The fourth-order valence-corrected chi connectivity index (χ4v) is 1.68. The monoisotopic (exact) mass is 245 g/mol. The first kappa shape index (κ1) is 13.3. The van der Waals surface area contributed by atoms with E-state index in [-0.39, 0.29) is 12.4 Å². The summed E-state index contributed by atoms with van der Waals surface area (Å²) in [5, 5.41) is 12.2.